The number of thioether (sulfide) groups is 2. The summed E-state index contributed by atoms with van der Waals surface area (Å²) in [5.74, 6) is 0.970. The molecule has 0 bridgehead atoms. The predicted octanol–water partition coefficient (Wildman–Crippen LogP) is 10.1. The topological polar surface area (TPSA) is 128 Å². The van der Waals surface area contributed by atoms with E-state index in [0.29, 0.717) is 5.56 Å². The van der Waals surface area contributed by atoms with Gasteiger partial charge in [-0.15, -0.1) is 35.9 Å². The van der Waals surface area contributed by atoms with E-state index < -0.39 is 5.97 Å². The van der Waals surface area contributed by atoms with Crippen LogP contribution in [0.25, 0.3) is 44.8 Å². The van der Waals surface area contributed by atoms with Crippen molar-refractivity contribution in [3.05, 3.63) is 139 Å². The number of carboxylic acids is 1. The van der Waals surface area contributed by atoms with Crippen LogP contribution < -0.4 is 5.32 Å². The number of rotatable bonds is 7. The second kappa shape index (κ2) is 16.8. The van der Waals surface area contributed by atoms with E-state index in [2.05, 4.69) is 52.9 Å². The number of nitrogens with one attached hydrogen (secondary N) is 1. The van der Waals surface area contributed by atoms with Gasteiger partial charge in [0.15, 0.2) is 0 Å². The maximum Gasteiger partial charge on any atom is 0.335 e. The van der Waals surface area contributed by atoms with E-state index >= 15 is 0 Å². The number of pyridine rings is 2. The first-order valence-electron chi connectivity index (χ1n) is 18.3. The number of hydrogen-bond acceptors (Lipinski definition) is 8. The van der Waals surface area contributed by atoms with Crippen LogP contribution in [-0.2, 0) is 18.5 Å². The lowest BCUT2D eigenvalue weighted by molar-refractivity contribution is 0.0696. The first kappa shape index (κ1) is 39.5. The van der Waals surface area contributed by atoms with Crippen LogP contribution in [0.4, 0.5) is 5.69 Å². The smallest absolute Gasteiger partial charge is 0.335 e. The van der Waals surface area contributed by atoms with E-state index in [1.54, 1.807) is 54.7 Å². The molecule has 3 aromatic carbocycles. The molecule has 2 aliphatic rings. The highest BCUT2D eigenvalue weighted by molar-refractivity contribution is 7.99. The van der Waals surface area contributed by atoms with E-state index in [1.807, 2.05) is 83.2 Å². The van der Waals surface area contributed by atoms with Gasteiger partial charge in [-0.25, -0.2) is 4.79 Å². The Balaban J connectivity index is 0.000000182. The molecule has 0 unspecified atom stereocenters. The van der Waals surface area contributed by atoms with E-state index in [-0.39, 0.29) is 29.3 Å². The molecular formula is C44H40ClN7O3S2. The Hall–Kier alpha value is -5.69. The fraction of sp³-hybridized carbons (Fsp3) is 0.182. The number of amides is 1. The molecule has 1 amide bonds. The number of aromatic nitrogens is 6. The molecule has 6 heterocycles. The maximum atomic E-state index is 13.0. The van der Waals surface area contributed by atoms with Crippen molar-refractivity contribution in [3.63, 3.8) is 0 Å². The van der Waals surface area contributed by atoms with Crippen LogP contribution in [0.1, 0.15) is 47.1 Å². The van der Waals surface area contributed by atoms with Gasteiger partial charge in [0, 0.05) is 69.8 Å². The van der Waals surface area contributed by atoms with Gasteiger partial charge in [0.05, 0.1) is 18.7 Å². The zero-order valence-corrected chi connectivity index (χ0v) is 34.0. The molecule has 0 fully saturated rings. The number of carboxylic acid groups (broad SMARTS) is 1. The summed E-state index contributed by atoms with van der Waals surface area (Å²) in [4.78, 5) is 32.5. The lowest BCUT2D eigenvalue weighted by Crippen LogP contribution is -2.13. The number of nitrogens with zero attached hydrogens (tertiary/aromatic N) is 6. The van der Waals surface area contributed by atoms with Gasteiger partial charge in [-0.2, -0.15) is 10.2 Å². The lowest BCUT2D eigenvalue weighted by Gasteiger charge is -2.19. The summed E-state index contributed by atoms with van der Waals surface area (Å²) in [6, 6.07) is 30.6. The van der Waals surface area contributed by atoms with E-state index in [4.69, 9.17) is 10.2 Å². The predicted molar refractivity (Wildman–Crippen MR) is 231 cm³/mol. The number of halogens is 1. The average Bonchev–Trinajstić information content (AvgIpc) is 4.01. The van der Waals surface area contributed by atoms with Gasteiger partial charge in [0.1, 0.15) is 21.4 Å². The minimum absolute atomic E-state index is 0. The fourth-order valence-corrected chi connectivity index (χ4v) is 8.97. The zero-order chi connectivity index (χ0) is 38.8. The number of benzene rings is 3. The van der Waals surface area contributed by atoms with E-state index in [1.165, 1.54) is 10.6 Å². The quantitative estimate of drug-likeness (QED) is 0.162. The highest BCUT2D eigenvalue weighted by Gasteiger charge is 2.26. The molecule has 0 spiro atoms. The van der Waals surface area contributed by atoms with Gasteiger partial charge in [0.25, 0.3) is 5.91 Å². The summed E-state index contributed by atoms with van der Waals surface area (Å²) >= 11 is 3.60. The number of aryl methyl sites for hydroxylation is 2. The first-order chi connectivity index (χ1) is 27.1. The summed E-state index contributed by atoms with van der Waals surface area (Å²) in [5.41, 5.74) is 10.7. The van der Waals surface area contributed by atoms with Gasteiger partial charge < -0.3 is 10.4 Å². The number of anilines is 1. The molecule has 0 saturated heterocycles. The Morgan fingerprint density at radius 3 is 1.60 bits per heavy atom. The molecule has 288 valence electrons. The van der Waals surface area contributed by atoms with Crippen LogP contribution in [0.3, 0.4) is 0 Å². The molecule has 0 atom stereocenters. The number of aromatic carboxylic acids is 1. The second-order valence-electron chi connectivity index (χ2n) is 14.4. The molecule has 0 radical (unpaired) electrons. The Labute approximate surface area is 345 Å². The molecule has 2 aliphatic heterocycles. The SMILES string of the molecule is CC(C)(C)c1ccc(NC(=O)c2cccc(-c3nn4c(c3-c3ccncc3)SCC4)c2)cc1.Cl.O=C(O)c1cccc(-c2nn3c(c2-c2ccncc2)SCC3)c1. The third-order valence-electron chi connectivity index (χ3n) is 9.62. The molecule has 2 N–H and O–H groups in total. The molecule has 4 aromatic heterocycles. The molecule has 0 aliphatic carbocycles. The molecule has 9 rings (SSSR count). The Bertz CT molecular complexity index is 2550. The van der Waals surface area contributed by atoms with Crippen molar-refractivity contribution in [1.29, 1.82) is 0 Å². The van der Waals surface area contributed by atoms with Crippen molar-refractivity contribution in [2.75, 3.05) is 16.8 Å². The maximum absolute atomic E-state index is 13.0. The van der Waals surface area contributed by atoms with Crippen LogP contribution in [-0.4, -0.2) is 58.0 Å². The van der Waals surface area contributed by atoms with Gasteiger partial charge in [0.2, 0.25) is 0 Å². The summed E-state index contributed by atoms with van der Waals surface area (Å²) in [5, 5.41) is 24.2. The van der Waals surface area contributed by atoms with Gasteiger partial charge in [-0.1, -0.05) is 57.2 Å². The van der Waals surface area contributed by atoms with E-state index in [9.17, 15) is 14.7 Å². The summed E-state index contributed by atoms with van der Waals surface area (Å²) < 4.78 is 4.07. The van der Waals surface area contributed by atoms with Crippen molar-refractivity contribution in [2.24, 2.45) is 0 Å². The average molecular weight is 814 g/mol. The minimum atomic E-state index is -0.932. The highest BCUT2D eigenvalue weighted by atomic mass is 35.5. The molecule has 7 aromatic rings. The lowest BCUT2D eigenvalue weighted by atomic mass is 9.87. The number of carbonyl (C=O) groups excluding carboxylic acids is 1. The highest BCUT2D eigenvalue weighted by Crippen LogP contribution is 2.43. The van der Waals surface area contributed by atoms with Crippen LogP contribution in [0.15, 0.2) is 132 Å². The van der Waals surface area contributed by atoms with Crippen molar-refractivity contribution < 1.29 is 14.7 Å². The summed E-state index contributed by atoms with van der Waals surface area (Å²) in [6.07, 6.45) is 7.13. The number of hydrogen-bond donors (Lipinski definition) is 2. The number of fused-ring (bicyclic) bond motifs is 2. The zero-order valence-electron chi connectivity index (χ0n) is 31.5. The Morgan fingerprint density at radius 1 is 0.649 bits per heavy atom. The Kier molecular flexibility index (Phi) is 11.7. The van der Waals surface area contributed by atoms with Crippen LogP contribution in [0, 0.1) is 0 Å². The van der Waals surface area contributed by atoms with E-state index in [0.717, 1.165) is 80.1 Å². The van der Waals surface area contributed by atoms with Gasteiger partial charge in [-0.3, -0.25) is 24.1 Å². The monoisotopic (exact) mass is 813 g/mol. The van der Waals surface area contributed by atoms with Crippen molar-refractivity contribution >= 4 is 53.5 Å². The summed E-state index contributed by atoms with van der Waals surface area (Å²) in [7, 11) is 0. The molecule has 10 nitrogen and oxygen atoms in total. The second-order valence-corrected chi connectivity index (χ2v) is 16.6. The van der Waals surface area contributed by atoms with Crippen molar-refractivity contribution in [2.45, 2.75) is 49.3 Å². The van der Waals surface area contributed by atoms with Crippen LogP contribution in [0.5, 0.6) is 0 Å². The minimum Gasteiger partial charge on any atom is -0.478 e. The molecule has 57 heavy (non-hydrogen) atoms. The van der Waals surface area contributed by atoms with Crippen molar-refractivity contribution in [3.8, 4) is 44.8 Å². The number of carbonyl (C=O) groups is 2. The summed E-state index contributed by atoms with van der Waals surface area (Å²) in [6.45, 7) is 8.29. The molecule has 13 heteroatoms. The molecule has 0 saturated carbocycles. The third-order valence-corrected chi connectivity index (χ3v) is 11.8. The Morgan fingerprint density at radius 2 is 1.12 bits per heavy atom. The fourth-order valence-electron chi connectivity index (χ4n) is 6.77. The van der Waals surface area contributed by atoms with Crippen molar-refractivity contribution in [1.82, 2.24) is 29.5 Å². The van der Waals surface area contributed by atoms with Crippen LogP contribution in [0.2, 0.25) is 0 Å². The molecular weight excluding hydrogens is 774 g/mol. The van der Waals surface area contributed by atoms with Gasteiger partial charge >= 0.3 is 5.97 Å². The third kappa shape index (κ3) is 8.39. The van der Waals surface area contributed by atoms with Gasteiger partial charge in [-0.05, 0) is 82.8 Å². The largest absolute Gasteiger partial charge is 0.478 e. The standard InChI is InChI=1S/C27H26N4OS.C17H13N3O2S.ClH/c1-27(2,3)21-7-9-22(10-8-21)29-25(32)20-6-4-5-19(17-20)24-23(18-11-13-28-14-12-18)26-31(30-24)15-16-33-26;21-17(22)13-3-1-2-12(10-13)15-14(11-4-6-18-7-5-11)16-20(19-15)8-9-23-16;/h4-14,17H,15-16H2,1-3H3,(H,29,32);1-7,10H,8-9H2,(H,21,22);1H. The first-order valence-corrected chi connectivity index (χ1v) is 20.3. The van der Waals surface area contributed by atoms with Crippen LogP contribution >= 0.6 is 35.9 Å². The normalized spacial score (nSPS) is 12.8.